The molecule has 4 amide bonds. The highest BCUT2D eigenvalue weighted by Crippen LogP contribution is 2.16. The van der Waals surface area contributed by atoms with Crippen LogP contribution in [0.4, 0.5) is 14.4 Å². The number of nitrogens with one attached hydrogen (secondary N) is 1. The molecule has 0 aromatic heterocycles. The normalized spacial score (nSPS) is 18.1. The molecule has 0 aromatic rings. The highest BCUT2D eigenvalue weighted by molar-refractivity contribution is 8.14. The number of carbonyl (C=O) groups excluding carboxylic acids is 5. The Labute approximate surface area is 176 Å². The van der Waals surface area contributed by atoms with Crippen LogP contribution in [0.1, 0.15) is 6.92 Å². The number of nitrogens with zero attached hydrogens (tertiary/aromatic N) is 2. The molecule has 0 spiro atoms. The summed E-state index contributed by atoms with van der Waals surface area (Å²) in [6.07, 6.45) is 0. The molecule has 13 heteroatoms. The average molecular weight is 453 g/mol. The number of thioether (sulfide) groups is 3. The van der Waals surface area contributed by atoms with Crippen LogP contribution < -0.4 is 11.1 Å². The van der Waals surface area contributed by atoms with Crippen molar-refractivity contribution in [3.63, 3.8) is 0 Å². The fourth-order valence-electron chi connectivity index (χ4n) is 2.04. The molecule has 3 rings (SSSR count). The lowest BCUT2D eigenvalue weighted by Crippen LogP contribution is -2.33. The summed E-state index contributed by atoms with van der Waals surface area (Å²) >= 11 is 3.82. The average Bonchev–Trinajstić information content (AvgIpc) is 3.35. The summed E-state index contributed by atoms with van der Waals surface area (Å²) in [6, 6.07) is 0. The quantitative estimate of drug-likeness (QED) is 0.580. The molecule has 3 heterocycles. The molecule has 0 radical (unpaired) electrons. The van der Waals surface area contributed by atoms with E-state index in [2.05, 4.69) is 5.32 Å². The zero-order valence-electron chi connectivity index (χ0n) is 15.5. The van der Waals surface area contributed by atoms with E-state index < -0.39 is 5.91 Å². The maximum absolute atomic E-state index is 11.0. The number of hydrogen-bond donors (Lipinski definition) is 2. The van der Waals surface area contributed by atoms with Crippen molar-refractivity contribution in [2.75, 3.05) is 56.6 Å². The van der Waals surface area contributed by atoms with Gasteiger partial charge in [0.25, 0.3) is 15.7 Å². The summed E-state index contributed by atoms with van der Waals surface area (Å²) in [5.41, 5.74) is 4.89. The van der Waals surface area contributed by atoms with Crippen molar-refractivity contribution >= 4 is 62.9 Å². The Morgan fingerprint density at radius 1 is 1.00 bits per heavy atom. The number of nitrogens with two attached hydrogens (primary N) is 1. The highest BCUT2D eigenvalue weighted by atomic mass is 32.2. The first-order valence-electron chi connectivity index (χ1n) is 8.51. The molecule has 3 aliphatic rings. The third-order valence-electron chi connectivity index (χ3n) is 3.27. The standard InChI is InChI=1S/C7H11NO3S.C5H8N2O2S.C3H5NOS/c1-2-11-6(9)5-8-3-4-12-7(8)10;6-4(8)3-7-1-2-10-5(7)9;5-3-4-1-2-6-3/h2-5H2,1H3;1-3H2,(H2,6,8);1-2H2,(H,4,5). The van der Waals surface area contributed by atoms with E-state index in [-0.39, 0.29) is 34.8 Å². The molecule has 3 aliphatic heterocycles. The molecule has 0 atom stereocenters. The van der Waals surface area contributed by atoms with E-state index in [1.54, 1.807) is 6.92 Å². The van der Waals surface area contributed by atoms with Crippen LogP contribution in [-0.2, 0) is 14.3 Å². The van der Waals surface area contributed by atoms with E-state index in [1.807, 2.05) is 0 Å². The van der Waals surface area contributed by atoms with Crippen LogP contribution in [0, 0.1) is 0 Å². The Morgan fingerprint density at radius 3 is 1.89 bits per heavy atom. The summed E-state index contributed by atoms with van der Waals surface area (Å²) in [5, 5.41) is 2.70. The van der Waals surface area contributed by atoms with Crippen molar-refractivity contribution in [1.82, 2.24) is 15.1 Å². The lowest BCUT2D eigenvalue weighted by atomic mass is 10.5. The maximum Gasteiger partial charge on any atom is 0.325 e. The van der Waals surface area contributed by atoms with Gasteiger partial charge in [0, 0.05) is 36.9 Å². The van der Waals surface area contributed by atoms with Crippen LogP contribution >= 0.6 is 35.3 Å². The van der Waals surface area contributed by atoms with Gasteiger partial charge in [-0.1, -0.05) is 35.3 Å². The minimum Gasteiger partial charge on any atom is -0.465 e. The molecule has 0 aromatic carbocycles. The van der Waals surface area contributed by atoms with Gasteiger partial charge in [-0.05, 0) is 6.92 Å². The van der Waals surface area contributed by atoms with Crippen LogP contribution in [-0.4, -0.2) is 94.0 Å². The third kappa shape index (κ3) is 10.1. The summed E-state index contributed by atoms with van der Waals surface area (Å²) in [5.74, 6) is 1.72. The van der Waals surface area contributed by atoms with Crippen LogP contribution in [0.3, 0.4) is 0 Å². The van der Waals surface area contributed by atoms with Crippen LogP contribution in [0.25, 0.3) is 0 Å². The van der Waals surface area contributed by atoms with E-state index in [4.69, 9.17) is 10.5 Å². The number of carbonyl (C=O) groups is 5. The minimum atomic E-state index is -0.448. The van der Waals surface area contributed by atoms with E-state index in [0.717, 1.165) is 23.8 Å². The Hall–Kier alpha value is -1.60. The molecule has 3 saturated heterocycles. The molecule has 3 N–H and O–H groups in total. The fraction of sp³-hybridized carbons (Fsp3) is 0.667. The molecule has 10 nitrogen and oxygen atoms in total. The van der Waals surface area contributed by atoms with E-state index in [9.17, 15) is 24.0 Å². The zero-order chi connectivity index (χ0) is 20.9. The van der Waals surface area contributed by atoms with Gasteiger partial charge >= 0.3 is 5.97 Å². The molecule has 0 aliphatic carbocycles. The van der Waals surface area contributed by atoms with Crippen molar-refractivity contribution in [1.29, 1.82) is 0 Å². The van der Waals surface area contributed by atoms with Gasteiger partial charge in [-0.3, -0.25) is 24.0 Å². The fourth-order valence-corrected chi connectivity index (χ4v) is 4.28. The second kappa shape index (κ2) is 13.6. The molecular weight excluding hydrogens is 428 g/mol. The van der Waals surface area contributed by atoms with Gasteiger partial charge in [-0.15, -0.1) is 0 Å². The molecule has 3 fully saturated rings. The number of amides is 4. The lowest BCUT2D eigenvalue weighted by Gasteiger charge is -2.12. The van der Waals surface area contributed by atoms with Crippen molar-refractivity contribution < 1.29 is 28.7 Å². The zero-order valence-corrected chi connectivity index (χ0v) is 18.0. The van der Waals surface area contributed by atoms with Gasteiger partial charge in [0.05, 0.1) is 6.61 Å². The van der Waals surface area contributed by atoms with Gasteiger partial charge < -0.3 is 25.6 Å². The monoisotopic (exact) mass is 452 g/mol. The molecule has 158 valence electrons. The predicted molar refractivity (Wildman–Crippen MR) is 111 cm³/mol. The molecule has 0 saturated carbocycles. The summed E-state index contributed by atoms with van der Waals surface area (Å²) < 4.78 is 4.71. The largest absolute Gasteiger partial charge is 0.465 e. The molecule has 0 unspecified atom stereocenters. The molecular formula is C15H24N4O6S3. The Balaban J connectivity index is 0.000000221. The molecule has 0 bridgehead atoms. The number of primary amides is 1. The predicted octanol–water partition coefficient (Wildman–Crippen LogP) is 0.802. The first kappa shape index (κ1) is 24.4. The number of esters is 1. The van der Waals surface area contributed by atoms with E-state index in [0.29, 0.717) is 19.7 Å². The van der Waals surface area contributed by atoms with Crippen LogP contribution in [0.5, 0.6) is 0 Å². The Morgan fingerprint density at radius 2 is 1.57 bits per heavy atom. The number of hydrogen-bond acceptors (Lipinski definition) is 9. The number of ether oxygens (including phenoxy) is 1. The van der Waals surface area contributed by atoms with Gasteiger partial charge in [-0.2, -0.15) is 0 Å². The van der Waals surface area contributed by atoms with Gasteiger partial charge in [0.15, 0.2) is 0 Å². The second-order valence-corrected chi connectivity index (χ2v) is 8.57. The van der Waals surface area contributed by atoms with Crippen molar-refractivity contribution in [3.8, 4) is 0 Å². The SMILES string of the molecule is CCOC(=O)CN1CCSC1=O.NC(=O)CN1CCSC1=O.O=C1NCCS1. The smallest absolute Gasteiger partial charge is 0.325 e. The van der Waals surface area contributed by atoms with Crippen molar-refractivity contribution in [2.45, 2.75) is 6.92 Å². The van der Waals surface area contributed by atoms with E-state index >= 15 is 0 Å². The minimum absolute atomic E-state index is 0.0250. The Bertz CT molecular complexity index is 584. The third-order valence-corrected chi connectivity index (χ3v) is 5.86. The summed E-state index contributed by atoms with van der Waals surface area (Å²) in [6.45, 7) is 4.43. The second-order valence-electron chi connectivity index (χ2n) is 5.41. The van der Waals surface area contributed by atoms with Crippen LogP contribution in [0.2, 0.25) is 0 Å². The topological polar surface area (TPSA) is 139 Å². The summed E-state index contributed by atoms with van der Waals surface area (Å²) in [7, 11) is 0. The van der Waals surface area contributed by atoms with Gasteiger partial charge in [0.1, 0.15) is 13.1 Å². The van der Waals surface area contributed by atoms with E-state index in [1.165, 1.54) is 45.1 Å². The van der Waals surface area contributed by atoms with Gasteiger partial charge in [0.2, 0.25) is 5.91 Å². The summed E-state index contributed by atoms with van der Waals surface area (Å²) in [4.78, 5) is 56.1. The van der Waals surface area contributed by atoms with Crippen molar-refractivity contribution in [3.05, 3.63) is 0 Å². The number of rotatable bonds is 5. The highest BCUT2D eigenvalue weighted by Gasteiger charge is 2.23. The maximum atomic E-state index is 11.0. The van der Waals surface area contributed by atoms with Gasteiger partial charge in [-0.25, -0.2) is 0 Å². The first-order valence-corrected chi connectivity index (χ1v) is 11.5. The lowest BCUT2D eigenvalue weighted by molar-refractivity contribution is -0.143. The first-order chi connectivity index (χ1) is 13.3. The van der Waals surface area contributed by atoms with Crippen molar-refractivity contribution in [2.24, 2.45) is 5.73 Å². The Kier molecular flexibility index (Phi) is 11.8. The molecule has 28 heavy (non-hydrogen) atoms. The van der Waals surface area contributed by atoms with Crippen LogP contribution in [0.15, 0.2) is 0 Å².